The number of nitriles is 1. The van der Waals surface area contributed by atoms with Gasteiger partial charge in [0.25, 0.3) is 0 Å². The molecule has 1 aromatic heterocycles. The summed E-state index contributed by atoms with van der Waals surface area (Å²) in [5.41, 5.74) is -0.877. The lowest BCUT2D eigenvalue weighted by atomic mass is 10.1. The first-order valence-corrected chi connectivity index (χ1v) is 10.2. The number of halogens is 4. The second-order valence-corrected chi connectivity index (χ2v) is 8.31. The number of hydrogen-bond acceptors (Lipinski definition) is 6. The number of sulfonamides is 1. The average molecular weight is 446 g/mol. The molecule has 2 heterocycles. The molecule has 2 N–H and O–H groups in total. The fourth-order valence-electron chi connectivity index (χ4n) is 3.08. The van der Waals surface area contributed by atoms with Gasteiger partial charge in [-0.25, -0.2) is 18.5 Å². The van der Waals surface area contributed by atoms with Crippen molar-refractivity contribution in [2.75, 3.05) is 36.0 Å². The van der Waals surface area contributed by atoms with Crippen LogP contribution in [0, 0.1) is 11.3 Å². The minimum absolute atomic E-state index is 0.122. The van der Waals surface area contributed by atoms with Gasteiger partial charge in [-0.2, -0.15) is 18.4 Å². The van der Waals surface area contributed by atoms with Gasteiger partial charge < -0.3 is 9.80 Å². The number of pyridine rings is 1. The van der Waals surface area contributed by atoms with Gasteiger partial charge in [0.2, 0.25) is 10.0 Å². The normalized spacial score (nSPS) is 15.3. The lowest BCUT2D eigenvalue weighted by Gasteiger charge is -2.38. The van der Waals surface area contributed by atoms with Gasteiger partial charge in [0.05, 0.1) is 21.0 Å². The van der Waals surface area contributed by atoms with Gasteiger partial charge in [-0.1, -0.05) is 11.6 Å². The zero-order chi connectivity index (χ0) is 21.4. The molecule has 29 heavy (non-hydrogen) atoms. The number of anilines is 2. The van der Waals surface area contributed by atoms with E-state index in [9.17, 15) is 21.6 Å². The van der Waals surface area contributed by atoms with E-state index in [0.717, 1.165) is 12.1 Å². The first-order valence-electron chi connectivity index (χ1n) is 8.30. The van der Waals surface area contributed by atoms with Crippen molar-refractivity contribution in [2.24, 2.45) is 5.14 Å². The predicted molar refractivity (Wildman–Crippen MR) is 101 cm³/mol. The average Bonchev–Trinajstić information content (AvgIpc) is 2.66. The summed E-state index contributed by atoms with van der Waals surface area (Å²) < 4.78 is 63.4. The number of rotatable bonds is 3. The molecule has 1 aliphatic rings. The highest BCUT2D eigenvalue weighted by atomic mass is 35.5. The summed E-state index contributed by atoms with van der Waals surface area (Å²) in [6, 6.07) is 6.13. The van der Waals surface area contributed by atoms with Crippen LogP contribution in [0.2, 0.25) is 5.02 Å². The molecular weight excluding hydrogens is 431 g/mol. The molecule has 12 heteroatoms. The molecule has 1 aliphatic heterocycles. The number of alkyl halides is 3. The molecule has 1 aromatic carbocycles. The van der Waals surface area contributed by atoms with Gasteiger partial charge in [0.1, 0.15) is 11.9 Å². The second kappa shape index (κ2) is 7.70. The van der Waals surface area contributed by atoms with E-state index in [1.165, 1.54) is 17.2 Å². The van der Waals surface area contributed by atoms with Crippen molar-refractivity contribution in [3.05, 3.63) is 46.6 Å². The van der Waals surface area contributed by atoms with E-state index in [4.69, 9.17) is 22.0 Å². The lowest BCUT2D eigenvalue weighted by molar-refractivity contribution is -0.137. The number of aromatic nitrogens is 1. The molecule has 0 bridgehead atoms. The van der Waals surface area contributed by atoms with Gasteiger partial charge in [0.15, 0.2) is 0 Å². The molecule has 0 aliphatic carbocycles. The van der Waals surface area contributed by atoms with Gasteiger partial charge in [0, 0.05) is 38.1 Å². The molecule has 0 radical (unpaired) electrons. The number of primary sulfonamides is 1. The van der Waals surface area contributed by atoms with Crippen molar-refractivity contribution in [1.82, 2.24) is 4.98 Å². The first-order chi connectivity index (χ1) is 13.5. The van der Waals surface area contributed by atoms with E-state index < -0.39 is 26.7 Å². The molecule has 7 nitrogen and oxygen atoms in total. The Hall–Kier alpha value is -2.55. The molecule has 0 unspecified atom stereocenters. The lowest BCUT2D eigenvalue weighted by Crippen LogP contribution is -2.47. The standard InChI is InChI=1S/C17H15ClF3N5O2S/c18-14-7-11(9-22)10-24-16(14)26-5-3-25(4-6-26)15-2-1-12(29(23,27)28)8-13(15)17(19,20)21/h1-2,7-8,10H,3-6H2,(H2,23,27,28). The molecule has 3 rings (SSSR count). The van der Waals surface area contributed by atoms with Crippen LogP contribution in [0.15, 0.2) is 35.4 Å². The van der Waals surface area contributed by atoms with Crippen LogP contribution in [0.25, 0.3) is 0 Å². The highest BCUT2D eigenvalue weighted by Gasteiger charge is 2.36. The van der Waals surface area contributed by atoms with Crippen LogP contribution in [0.1, 0.15) is 11.1 Å². The van der Waals surface area contributed by atoms with Crippen molar-refractivity contribution in [2.45, 2.75) is 11.1 Å². The van der Waals surface area contributed by atoms with E-state index in [1.54, 1.807) is 0 Å². The van der Waals surface area contributed by atoms with Crippen molar-refractivity contribution >= 4 is 33.1 Å². The molecule has 0 atom stereocenters. The van der Waals surface area contributed by atoms with Crippen LogP contribution in [0.3, 0.4) is 0 Å². The minimum Gasteiger partial charge on any atom is -0.367 e. The maximum Gasteiger partial charge on any atom is 0.418 e. The highest BCUT2D eigenvalue weighted by molar-refractivity contribution is 7.89. The maximum absolute atomic E-state index is 13.5. The maximum atomic E-state index is 13.5. The van der Waals surface area contributed by atoms with Crippen molar-refractivity contribution in [1.29, 1.82) is 5.26 Å². The number of benzene rings is 1. The Balaban J connectivity index is 1.85. The Morgan fingerprint density at radius 2 is 1.76 bits per heavy atom. The summed E-state index contributed by atoms with van der Waals surface area (Å²) in [7, 11) is -4.26. The molecular formula is C17H15ClF3N5O2S. The summed E-state index contributed by atoms with van der Waals surface area (Å²) in [5.74, 6) is 0.450. The number of piperazine rings is 1. The second-order valence-electron chi connectivity index (χ2n) is 6.34. The summed E-state index contributed by atoms with van der Waals surface area (Å²) in [6.07, 6.45) is -3.37. The highest BCUT2D eigenvalue weighted by Crippen LogP contribution is 2.38. The van der Waals surface area contributed by atoms with Crippen molar-refractivity contribution in [3.63, 3.8) is 0 Å². The zero-order valence-corrected chi connectivity index (χ0v) is 16.4. The summed E-state index contributed by atoms with van der Waals surface area (Å²) in [5, 5.41) is 14.1. The largest absolute Gasteiger partial charge is 0.418 e. The van der Waals surface area contributed by atoms with E-state index in [0.29, 0.717) is 30.5 Å². The quantitative estimate of drug-likeness (QED) is 0.778. The minimum atomic E-state index is -4.74. The van der Waals surface area contributed by atoms with E-state index in [1.807, 2.05) is 11.0 Å². The summed E-state index contributed by atoms with van der Waals surface area (Å²) in [4.78, 5) is 6.89. The Kier molecular flexibility index (Phi) is 5.62. The van der Waals surface area contributed by atoms with Gasteiger partial charge in [-0.05, 0) is 24.3 Å². The Labute approximate surface area is 170 Å². The fraction of sp³-hybridized carbons (Fsp3) is 0.294. The summed E-state index contributed by atoms with van der Waals surface area (Å²) in [6.45, 7) is 1.14. The Bertz CT molecular complexity index is 1080. The van der Waals surface area contributed by atoms with E-state index in [2.05, 4.69) is 4.98 Å². The topological polar surface area (TPSA) is 103 Å². The van der Waals surface area contributed by atoms with Crippen LogP contribution in [0.5, 0.6) is 0 Å². The first kappa shape index (κ1) is 21.2. The van der Waals surface area contributed by atoms with Gasteiger partial charge in [-0.15, -0.1) is 0 Å². The van der Waals surface area contributed by atoms with E-state index in [-0.39, 0.29) is 23.8 Å². The van der Waals surface area contributed by atoms with Crippen LogP contribution in [-0.2, 0) is 16.2 Å². The number of nitrogens with zero attached hydrogens (tertiary/aromatic N) is 4. The summed E-state index contributed by atoms with van der Waals surface area (Å²) >= 11 is 6.15. The number of nitrogens with two attached hydrogens (primary N) is 1. The smallest absolute Gasteiger partial charge is 0.367 e. The predicted octanol–water partition coefficient (Wildman–Crippen LogP) is 2.60. The molecule has 0 saturated carbocycles. The molecule has 0 amide bonds. The zero-order valence-electron chi connectivity index (χ0n) is 14.8. The third kappa shape index (κ3) is 4.55. The molecule has 154 valence electrons. The Morgan fingerprint density at radius 3 is 2.28 bits per heavy atom. The molecule has 0 spiro atoms. The molecule has 1 saturated heterocycles. The molecule has 1 fully saturated rings. The van der Waals surface area contributed by atoms with Crippen molar-refractivity contribution < 1.29 is 21.6 Å². The third-order valence-electron chi connectivity index (χ3n) is 4.47. The van der Waals surface area contributed by atoms with Crippen molar-refractivity contribution in [3.8, 4) is 6.07 Å². The SMILES string of the molecule is N#Cc1cnc(N2CCN(c3ccc(S(N)(=O)=O)cc3C(F)(F)F)CC2)c(Cl)c1. The molecule has 2 aromatic rings. The van der Waals surface area contributed by atoms with Gasteiger partial charge in [-0.3, -0.25) is 0 Å². The van der Waals surface area contributed by atoms with Crippen LogP contribution >= 0.6 is 11.6 Å². The van der Waals surface area contributed by atoms with Crippen LogP contribution < -0.4 is 14.9 Å². The third-order valence-corrected chi connectivity index (χ3v) is 5.66. The van der Waals surface area contributed by atoms with Crippen LogP contribution in [-0.4, -0.2) is 39.6 Å². The fourth-order valence-corrected chi connectivity index (χ4v) is 3.90. The van der Waals surface area contributed by atoms with E-state index >= 15 is 0 Å². The van der Waals surface area contributed by atoms with Crippen LogP contribution in [0.4, 0.5) is 24.7 Å². The number of hydrogen-bond donors (Lipinski definition) is 1. The van der Waals surface area contributed by atoms with Gasteiger partial charge >= 0.3 is 6.18 Å². The Morgan fingerprint density at radius 1 is 1.14 bits per heavy atom. The monoisotopic (exact) mass is 445 g/mol.